The molecule has 0 spiro atoms. The monoisotopic (exact) mass is 557 g/mol. The van der Waals surface area contributed by atoms with Crippen LogP contribution in [0.1, 0.15) is 37.2 Å². The zero-order valence-corrected chi connectivity index (χ0v) is 22.4. The SMILES string of the molecule is C=CC(=O)N1CCC(c2c[nH]c3ncnc(Nc4ccc(Oc5ccnc(NC(=O)C6CC6)c5)c(Cl)c4)c23)CC1. The Kier molecular flexibility index (Phi) is 7.08. The number of nitrogens with one attached hydrogen (secondary N) is 3. The number of rotatable bonds is 8. The zero-order chi connectivity index (χ0) is 27.6. The molecule has 2 aliphatic rings. The Hall–Kier alpha value is -4.44. The van der Waals surface area contributed by atoms with E-state index in [0.29, 0.717) is 41.2 Å². The van der Waals surface area contributed by atoms with Crippen LogP contribution < -0.4 is 15.4 Å². The van der Waals surface area contributed by atoms with Crippen molar-refractivity contribution in [2.24, 2.45) is 5.92 Å². The molecule has 1 saturated heterocycles. The van der Waals surface area contributed by atoms with Gasteiger partial charge in [-0.2, -0.15) is 0 Å². The second-order valence-electron chi connectivity index (χ2n) is 10.0. The maximum Gasteiger partial charge on any atom is 0.245 e. The zero-order valence-electron chi connectivity index (χ0n) is 21.7. The molecule has 11 heteroatoms. The quantitative estimate of drug-likeness (QED) is 0.234. The highest BCUT2D eigenvalue weighted by molar-refractivity contribution is 6.32. The van der Waals surface area contributed by atoms with Crippen LogP contribution in [-0.2, 0) is 9.59 Å². The summed E-state index contributed by atoms with van der Waals surface area (Å²) in [6, 6.07) is 8.78. The van der Waals surface area contributed by atoms with Crippen LogP contribution >= 0.6 is 11.6 Å². The molecule has 3 aromatic heterocycles. The summed E-state index contributed by atoms with van der Waals surface area (Å²) in [5.74, 6) is 2.40. The number of benzene rings is 1. The van der Waals surface area contributed by atoms with Crippen LogP contribution in [0.4, 0.5) is 17.3 Å². The first kappa shape index (κ1) is 25.8. The predicted octanol–water partition coefficient (Wildman–Crippen LogP) is 5.78. The standard InChI is InChI=1S/C29H28ClN7O3/c1-2-25(38)37-11-8-17(9-12-37)21-15-32-27-26(21)28(34-16-33-27)35-19-5-6-23(22(30)13-19)40-20-7-10-31-24(14-20)36-29(39)18-3-4-18/h2,5-7,10,13-18H,1,3-4,8-9,11-12H2,(H,31,36,39)(H2,32,33,34,35). The summed E-state index contributed by atoms with van der Waals surface area (Å²) in [5, 5.41) is 7.53. The number of piperidine rings is 1. The number of hydrogen-bond donors (Lipinski definition) is 3. The molecule has 204 valence electrons. The number of ether oxygens (including phenoxy) is 1. The molecule has 4 aromatic rings. The summed E-state index contributed by atoms with van der Waals surface area (Å²) in [5.41, 5.74) is 2.60. The molecular weight excluding hydrogens is 530 g/mol. The van der Waals surface area contributed by atoms with Gasteiger partial charge in [-0.15, -0.1) is 0 Å². The van der Waals surface area contributed by atoms with Crippen LogP contribution in [0, 0.1) is 5.92 Å². The van der Waals surface area contributed by atoms with Gasteiger partial charge in [-0.1, -0.05) is 18.2 Å². The van der Waals surface area contributed by atoms with E-state index in [1.165, 1.54) is 12.4 Å². The number of anilines is 3. The van der Waals surface area contributed by atoms with Gasteiger partial charge in [0, 0.05) is 43.2 Å². The fourth-order valence-electron chi connectivity index (χ4n) is 4.99. The van der Waals surface area contributed by atoms with Crippen molar-refractivity contribution in [3.05, 3.63) is 72.3 Å². The van der Waals surface area contributed by atoms with Crippen molar-refractivity contribution >= 4 is 51.8 Å². The van der Waals surface area contributed by atoms with E-state index < -0.39 is 0 Å². The highest BCUT2D eigenvalue weighted by Crippen LogP contribution is 2.38. The van der Waals surface area contributed by atoms with Gasteiger partial charge in [-0.3, -0.25) is 9.59 Å². The van der Waals surface area contributed by atoms with Crippen molar-refractivity contribution in [2.45, 2.75) is 31.6 Å². The molecule has 1 aromatic carbocycles. The summed E-state index contributed by atoms with van der Waals surface area (Å²) in [7, 11) is 0. The summed E-state index contributed by atoms with van der Waals surface area (Å²) >= 11 is 6.59. The van der Waals surface area contributed by atoms with Crippen LogP contribution in [0.3, 0.4) is 0 Å². The lowest BCUT2D eigenvalue weighted by atomic mass is 9.89. The molecule has 4 heterocycles. The third kappa shape index (κ3) is 5.48. The Bertz CT molecular complexity index is 1590. The van der Waals surface area contributed by atoms with E-state index in [1.54, 1.807) is 30.5 Å². The van der Waals surface area contributed by atoms with Crippen molar-refractivity contribution in [2.75, 3.05) is 23.7 Å². The number of pyridine rings is 1. The molecule has 1 aliphatic carbocycles. The minimum Gasteiger partial charge on any atom is -0.456 e. The molecule has 1 aliphatic heterocycles. The molecule has 10 nitrogen and oxygen atoms in total. The Balaban J connectivity index is 1.17. The number of amides is 2. The third-order valence-electron chi connectivity index (χ3n) is 7.27. The largest absolute Gasteiger partial charge is 0.456 e. The van der Waals surface area contributed by atoms with Crippen molar-refractivity contribution in [1.82, 2.24) is 24.8 Å². The lowest BCUT2D eigenvalue weighted by Gasteiger charge is -2.31. The highest BCUT2D eigenvalue weighted by Gasteiger charge is 2.30. The maximum absolute atomic E-state index is 12.1. The average Bonchev–Trinajstić information content (AvgIpc) is 3.73. The lowest BCUT2D eigenvalue weighted by molar-refractivity contribution is -0.127. The van der Waals surface area contributed by atoms with E-state index in [1.807, 2.05) is 17.2 Å². The van der Waals surface area contributed by atoms with Crippen LogP contribution in [0.2, 0.25) is 5.02 Å². The van der Waals surface area contributed by atoms with Gasteiger partial charge in [0.2, 0.25) is 11.8 Å². The number of hydrogen-bond acceptors (Lipinski definition) is 7. The van der Waals surface area contributed by atoms with E-state index in [-0.39, 0.29) is 23.7 Å². The Morgan fingerprint density at radius 2 is 1.93 bits per heavy atom. The van der Waals surface area contributed by atoms with Crippen molar-refractivity contribution in [3.63, 3.8) is 0 Å². The van der Waals surface area contributed by atoms with Gasteiger partial charge < -0.3 is 25.3 Å². The molecule has 0 atom stereocenters. The van der Waals surface area contributed by atoms with Gasteiger partial charge in [0.05, 0.1) is 10.4 Å². The molecule has 0 unspecified atom stereocenters. The number of nitrogens with zero attached hydrogens (tertiary/aromatic N) is 4. The summed E-state index contributed by atoms with van der Waals surface area (Å²) in [4.78, 5) is 42.3. The van der Waals surface area contributed by atoms with Crippen molar-refractivity contribution in [1.29, 1.82) is 0 Å². The van der Waals surface area contributed by atoms with Gasteiger partial charge in [0.1, 0.15) is 35.1 Å². The van der Waals surface area contributed by atoms with Gasteiger partial charge in [-0.05, 0) is 67.5 Å². The van der Waals surface area contributed by atoms with E-state index in [9.17, 15) is 9.59 Å². The molecule has 6 rings (SSSR count). The lowest BCUT2D eigenvalue weighted by Crippen LogP contribution is -2.36. The number of carbonyl (C=O) groups is 2. The molecule has 1 saturated carbocycles. The van der Waals surface area contributed by atoms with Crippen LogP contribution in [0.25, 0.3) is 11.0 Å². The van der Waals surface area contributed by atoms with Gasteiger partial charge in [0.25, 0.3) is 0 Å². The number of aromatic nitrogens is 4. The Morgan fingerprint density at radius 1 is 1.10 bits per heavy atom. The first-order valence-corrected chi connectivity index (χ1v) is 13.6. The molecule has 40 heavy (non-hydrogen) atoms. The van der Waals surface area contributed by atoms with E-state index in [2.05, 4.69) is 37.1 Å². The van der Waals surface area contributed by atoms with E-state index in [4.69, 9.17) is 16.3 Å². The van der Waals surface area contributed by atoms with Crippen molar-refractivity contribution < 1.29 is 14.3 Å². The summed E-state index contributed by atoms with van der Waals surface area (Å²) < 4.78 is 5.99. The Morgan fingerprint density at radius 3 is 2.67 bits per heavy atom. The fraction of sp³-hybridized carbons (Fsp3) is 0.276. The second-order valence-corrected chi connectivity index (χ2v) is 10.4. The minimum atomic E-state index is -0.0305. The van der Waals surface area contributed by atoms with E-state index >= 15 is 0 Å². The normalized spacial score (nSPS) is 15.6. The average molecular weight is 558 g/mol. The highest BCUT2D eigenvalue weighted by atomic mass is 35.5. The number of carbonyl (C=O) groups excluding carboxylic acids is 2. The number of aromatic amines is 1. The number of likely N-dealkylation sites (tertiary alicyclic amines) is 1. The van der Waals surface area contributed by atoms with Crippen LogP contribution in [-0.4, -0.2) is 49.7 Å². The van der Waals surface area contributed by atoms with E-state index in [0.717, 1.165) is 48.0 Å². The van der Waals surface area contributed by atoms with Crippen LogP contribution in [0.5, 0.6) is 11.5 Å². The molecule has 2 fully saturated rings. The topological polar surface area (TPSA) is 125 Å². The maximum atomic E-state index is 12.1. The smallest absolute Gasteiger partial charge is 0.245 e. The Labute approximate surface area is 235 Å². The van der Waals surface area contributed by atoms with Crippen LogP contribution in [0.15, 0.2) is 61.7 Å². The molecular formula is C29H28ClN7O3. The first-order valence-electron chi connectivity index (χ1n) is 13.2. The minimum absolute atomic E-state index is 0.0178. The van der Waals surface area contributed by atoms with Gasteiger partial charge in [-0.25, -0.2) is 15.0 Å². The second kappa shape index (κ2) is 11.0. The summed E-state index contributed by atoms with van der Waals surface area (Å²) in [6.07, 6.45) is 9.98. The number of halogens is 1. The summed E-state index contributed by atoms with van der Waals surface area (Å²) in [6.45, 7) is 4.96. The molecule has 0 radical (unpaired) electrons. The molecule has 2 amide bonds. The number of fused-ring (bicyclic) bond motifs is 1. The van der Waals surface area contributed by atoms with Crippen molar-refractivity contribution in [3.8, 4) is 11.5 Å². The third-order valence-corrected chi connectivity index (χ3v) is 7.57. The first-order chi connectivity index (χ1) is 19.5. The molecule has 0 bridgehead atoms. The molecule has 3 N–H and O–H groups in total. The predicted molar refractivity (Wildman–Crippen MR) is 153 cm³/mol. The van der Waals surface area contributed by atoms with Gasteiger partial charge in [0.15, 0.2) is 0 Å². The number of H-pyrrole nitrogens is 1. The fourth-order valence-corrected chi connectivity index (χ4v) is 5.20. The van der Waals surface area contributed by atoms with Gasteiger partial charge >= 0.3 is 0 Å².